The molecule has 3 N–H and O–H groups in total. The number of aryl methyl sites for hydroxylation is 1. The minimum absolute atomic E-state index is 0.148. The summed E-state index contributed by atoms with van der Waals surface area (Å²) in [4.78, 5) is 22.9. The van der Waals surface area contributed by atoms with Gasteiger partial charge in [0, 0.05) is 18.8 Å². The van der Waals surface area contributed by atoms with E-state index in [1.807, 2.05) is 25.1 Å². The average Bonchev–Trinajstić information content (AvgIpc) is 2.70. The molecule has 0 aliphatic carbocycles. The number of rotatable bonds is 6. The van der Waals surface area contributed by atoms with E-state index in [1.54, 1.807) is 0 Å². The highest BCUT2D eigenvalue weighted by Crippen LogP contribution is 2.32. The smallest absolute Gasteiger partial charge is 0.310 e. The Morgan fingerprint density at radius 3 is 2.93 bits per heavy atom. The van der Waals surface area contributed by atoms with Gasteiger partial charge in [-0.2, -0.15) is 0 Å². The van der Waals surface area contributed by atoms with Crippen LogP contribution in [0.5, 0.6) is 0 Å². The molecule has 0 radical (unpaired) electrons. The first-order valence-electron chi connectivity index (χ1n) is 9.51. The van der Waals surface area contributed by atoms with Gasteiger partial charge in [-0.25, -0.2) is 9.97 Å². The lowest BCUT2D eigenvalue weighted by molar-refractivity contribution is -0.148. The molecule has 144 valence electrons. The summed E-state index contributed by atoms with van der Waals surface area (Å²) in [7, 11) is 0. The van der Waals surface area contributed by atoms with E-state index in [-0.39, 0.29) is 11.9 Å². The van der Waals surface area contributed by atoms with Crippen molar-refractivity contribution in [3.05, 3.63) is 36.2 Å². The predicted octanol–water partition coefficient (Wildman–Crippen LogP) is 3.14. The van der Waals surface area contributed by atoms with E-state index in [0.29, 0.717) is 30.5 Å². The van der Waals surface area contributed by atoms with Crippen molar-refractivity contribution in [1.29, 1.82) is 0 Å². The Morgan fingerprint density at radius 2 is 2.15 bits per heavy atom. The minimum Gasteiger partial charge on any atom is -0.466 e. The van der Waals surface area contributed by atoms with Crippen LogP contribution in [0.1, 0.15) is 32.3 Å². The third kappa shape index (κ3) is 4.30. The molecule has 7 heteroatoms. The van der Waals surface area contributed by atoms with Crippen LogP contribution in [-0.4, -0.2) is 35.6 Å². The molecule has 7 nitrogen and oxygen atoms in total. The molecule has 1 aromatic heterocycles. The molecule has 1 aromatic carbocycles. The van der Waals surface area contributed by atoms with E-state index in [1.165, 1.54) is 11.9 Å². The van der Waals surface area contributed by atoms with Crippen LogP contribution >= 0.6 is 0 Å². The normalized spacial score (nSPS) is 16.8. The first-order chi connectivity index (χ1) is 13.1. The van der Waals surface area contributed by atoms with Crippen LogP contribution in [0, 0.1) is 5.92 Å². The van der Waals surface area contributed by atoms with Gasteiger partial charge in [-0.15, -0.1) is 0 Å². The number of ether oxygens (including phenoxy) is 1. The van der Waals surface area contributed by atoms with Gasteiger partial charge in [0.15, 0.2) is 11.6 Å². The van der Waals surface area contributed by atoms with Gasteiger partial charge in [-0.1, -0.05) is 25.1 Å². The van der Waals surface area contributed by atoms with Crippen molar-refractivity contribution in [3.63, 3.8) is 0 Å². The fourth-order valence-electron chi connectivity index (χ4n) is 3.44. The summed E-state index contributed by atoms with van der Waals surface area (Å²) in [6.45, 7) is 5.70. The molecule has 1 fully saturated rings. The number of hydrogen-bond donors (Lipinski definition) is 2. The third-order valence-corrected chi connectivity index (χ3v) is 4.86. The van der Waals surface area contributed by atoms with Crippen molar-refractivity contribution in [3.8, 4) is 0 Å². The van der Waals surface area contributed by atoms with Gasteiger partial charge in [0.05, 0.1) is 12.5 Å². The second kappa shape index (κ2) is 8.70. The third-order valence-electron chi connectivity index (χ3n) is 4.86. The summed E-state index contributed by atoms with van der Waals surface area (Å²) in [5.41, 5.74) is 9.06. The number of nitrogens with two attached hydrogens (primary N) is 1. The lowest BCUT2D eigenvalue weighted by Gasteiger charge is -2.33. The van der Waals surface area contributed by atoms with Crippen molar-refractivity contribution >= 4 is 29.0 Å². The fraction of sp³-hybridized carbons (Fsp3) is 0.450. The second-order valence-electron chi connectivity index (χ2n) is 6.63. The van der Waals surface area contributed by atoms with Crippen LogP contribution in [0.3, 0.4) is 0 Å². The molecule has 0 bridgehead atoms. The molecule has 1 unspecified atom stereocenters. The Morgan fingerprint density at radius 1 is 1.33 bits per heavy atom. The first kappa shape index (κ1) is 18.9. The zero-order valence-corrected chi connectivity index (χ0v) is 15.9. The number of nitrogens with one attached hydrogen (secondary N) is 1. The second-order valence-corrected chi connectivity index (χ2v) is 6.63. The molecule has 1 saturated heterocycles. The topological polar surface area (TPSA) is 93.4 Å². The molecule has 2 aromatic rings. The highest BCUT2D eigenvalue weighted by atomic mass is 16.5. The molecular formula is C20H27N5O2. The lowest BCUT2D eigenvalue weighted by atomic mass is 9.98. The van der Waals surface area contributed by atoms with Crippen LogP contribution in [0.4, 0.5) is 23.0 Å². The van der Waals surface area contributed by atoms with E-state index in [2.05, 4.69) is 33.2 Å². The van der Waals surface area contributed by atoms with Crippen molar-refractivity contribution in [1.82, 2.24) is 9.97 Å². The number of para-hydroxylation sites is 1. The number of nitrogen functional groups attached to an aromatic ring is 1. The first-order valence-corrected chi connectivity index (χ1v) is 9.51. The molecule has 0 saturated carbocycles. The van der Waals surface area contributed by atoms with E-state index < -0.39 is 0 Å². The standard InChI is InChI=1S/C20H27N5O2/c1-3-14-8-5-6-10-16(14)24-18-17(21)19(23-13-22-18)25-11-7-9-15(12-25)20(26)27-4-2/h5-6,8,10,13,15H,3-4,7,9,11-12,21H2,1-2H3,(H,22,23,24). The van der Waals surface area contributed by atoms with Gasteiger partial charge in [-0.3, -0.25) is 4.79 Å². The highest BCUT2D eigenvalue weighted by Gasteiger charge is 2.29. The number of carbonyl (C=O) groups is 1. The van der Waals surface area contributed by atoms with Gasteiger partial charge in [0.2, 0.25) is 0 Å². The fourth-order valence-corrected chi connectivity index (χ4v) is 3.44. The molecule has 1 aliphatic heterocycles. The van der Waals surface area contributed by atoms with E-state index >= 15 is 0 Å². The largest absolute Gasteiger partial charge is 0.466 e. The van der Waals surface area contributed by atoms with Crippen molar-refractivity contribution < 1.29 is 9.53 Å². The predicted molar refractivity (Wildman–Crippen MR) is 107 cm³/mol. The van der Waals surface area contributed by atoms with Crippen LogP contribution in [-0.2, 0) is 16.0 Å². The molecule has 2 heterocycles. The zero-order chi connectivity index (χ0) is 19.2. The van der Waals surface area contributed by atoms with Gasteiger partial charge in [0.1, 0.15) is 12.0 Å². The Hall–Kier alpha value is -2.83. The van der Waals surface area contributed by atoms with E-state index in [9.17, 15) is 4.79 Å². The number of hydrogen-bond acceptors (Lipinski definition) is 7. The average molecular weight is 369 g/mol. The monoisotopic (exact) mass is 369 g/mol. The van der Waals surface area contributed by atoms with Crippen LogP contribution in [0.2, 0.25) is 0 Å². The highest BCUT2D eigenvalue weighted by molar-refractivity contribution is 5.80. The Balaban J connectivity index is 1.81. The number of piperidine rings is 1. The maximum absolute atomic E-state index is 12.1. The number of nitrogens with zero attached hydrogens (tertiary/aromatic N) is 3. The summed E-state index contributed by atoms with van der Waals surface area (Å²) in [6.07, 6.45) is 4.15. The maximum atomic E-state index is 12.1. The minimum atomic E-state index is -0.148. The SMILES string of the molecule is CCOC(=O)C1CCCN(c2ncnc(Nc3ccccc3CC)c2N)C1. The summed E-state index contributed by atoms with van der Waals surface area (Å²) in [6, 6.07) is 8.09. The quantitative estimate of drug-likeness (QED) is 0.756. The molecule has 27 heavy (non-hydrogen) atoms. The number of aromatic nitrogens is 2. The van der Waals surface area contributed by atoms with Crippen LogP contribution in [0.25, 0.3) is 0 Å². The van der Waals surface area contributed by atoms with E-state index in [0.717, 1.165) is 31.5 Å². The lowest BCUT2D eigenvalue weighted by Crippen LogP contribution is -2.40. The van der Waals surface area contributed by atoms with Gasteiger partial charge >= 0.3 is 5.97 Å². The van der Waals surface area contributed by atoms with Gasteiger partial charge in [-0.05, 0) is 37.8 Å². The summed E-state index contributed by atoms with van der Waals surface area (Å²) >= 11 is 0. The van der Waals surface area contributed by atoms with Crippen molar-refractivity contribution in [2.45, 2.75) is 33.1 Å². The Labute approximate surface area is 159 Å². The van der Waals surface area contributed by atoms with Crippen molar-refractivity contribution in [2.24, 2.45) is 5.92 Å². The molecule has 0 spiro atoms. The number of anilines is 4. The molecule has 1 aliphatic rings. The number of carbonyl (C=O) groups excluding carboxylic acids is 1. The van der Waals surface area contributed by atoms with Gasteiger partial charge in [0.25, 0.3) is 0 Å². The molecule has 3 rings (SSSR count). The Kier molecular flexibility index (Phi) is 6.11. The molecular weight excluding hydrogens is 342 g/mol. The number of benzene rings is 1. The molecule has 1 atom stereocenters. The van der Waals surface area contributed by atoms with Gasteiger partial charge < -0.3 is 20.7 Å². The summed E-state index contributed by atoms with van der Waals surface area (Å²) < 4.78 is 5.18. The Bertz CT molecular complexity index is 796. The number of esters is 1. The van der Waals surface area contributed by atoms with Crippen molar-refractivity contribution in [2.75, 3.05) is 35.6 Å². The van der Waals surface area contributed by atoms with E-state index in [4.69, 9.17) is 10.5 Å². The van der Waals surface area contributed by atoms with Crippen LogP contribution < -0.4 is 16.0 Å². The summed E-state index contributed by atoms with van der Waals surface area (Å²) in [5.74, 6) is 0.949. The van der Waals surface area contributed by atoms with Crippen LogP contribution in [0.15, 0.2) is 30.6 Å². The molecule has 0 amide bonds. The maximum Gasteiger partial charge on any atom is 0.310 e. The summed E-state index contributed by atoms with van der Waals surface area (Å²) in [5, 5.41) is 3.33. The zero-order valence-electron chi connectivity index (χ0n) is 15.9.